The average Bonchev–Trinajstić information content (AvgIpc) is 3.08. The lowest BCUT2D eigenvalue weighted by Gasteiger charge is -2.21. The molecule has 0 radical (unpaired) electrons. The van der Waals surface area contributed by atoms with Crippen LogP contribution in [0.15, 0.2) is 42.2 Å². The minimum Gasteiger partial charge on any atom is -0.492 e. The van der Waals surface area contributed by atoms with Crippen LogP contribution < -0.4 is 5.32 Å². The van der Waals surface area contributed by atoms with Crippen molar-refractivity contribution in [2.45, 2.75) is 40.0 Å². The van der Waals surface area contributed by atoms with E-state index in [1.165, 1.54) is 7.11 Å². The van der Waals surface area contributed by atoms with Gasteiger partial charge in [-0.05, 0) is 18.4 Å². The summed E-state index contributed by atoms with van der Waals surface area (Å²) in [5.41, 5.74) is 2.22. The van der Waals surface area contributed by atoms with Crippen molar-refractivity contribution in [3.8, 4) is 0 Å². The van der Waals surface area contributed by atoms with Gasteiger partial charge < -0.3 is 24.1 Å². The monoisotopic (exact) mass is 468 g/mol. The van der Waals surface area contributed by atoms with Gasteiger partial charge in [-0.1, -0.05) is 44.2 Å². The zero-order valence-corrected chi connectivity index (χ0v) is 19.8. The van der Waals surface area contributed by atoms with Crippen LogP contribution in [0.4, 0.5) is 4.79 Å². The normalized spacial score (nSPS) is 13.8. The van der Waals surface area contributed by atoms with Gasteiger partial charge in [0, 0.05) is 24.4 Å². The number of hydrogen-bond donors (Lipinski definition) is 1. The number of methoxy groups -OCH3 is 1. The predicted octanol–water partition coefficient (Wildman–Crippen LogP) is 3.24. The van der Waals surface area contributed by atoms with Gasteiger partial charge in [0.1, 0.15) is 24.9 Å². The summed E-state index contributed by atoms with van der Waals surface area (Å²) >= 11 is 0. The molecule has 0 saturated heterocycles. The van der Waals surface area contributed by atoms with Gasteiger partial charge in [0.25, 0.3) is 0 Å². The number of alkyl carbamates (subject to hydrolysis) is 1. The Morgan fingerprint density at radius 2 is 1.74 bits per heavy atom. The molecule has 1 aromatic heterocycles. The molecule has 2 aromatic rings. The van der Waals surface area contributed by atoms with E-state index in [0.717, 1.165) is 11.6 Å². The van der Waals surface area contributed by atoms with Crippen molar-refractivity contribution in [2.75, 3.05) is 7.11 Å². The van der Waals surface area contributed by atoms with E-state index in [2.05, 4.69) is 5.32 Å². The van der Waals surface area contributed by atoms with Gasteiger partial charge in [-0.15, -0.1) is 0 Å². The molecule has 3 rings (SSSR count). The van der Waals surface area contributed by atoms with E-state index in [9.17, 15) is 19.2 Å². The number of ketones is 2. The Bertz CT molecular complexity index is 1150. The minimum atomic E-state index is -0.963. The van der Waals surface area contributed by atoms with E-state index in [-0.39, 0.29) is 41.9 Å². The number of Topliss-reactive ketones (excluding diaryl/α,β-unsaturated/α-hetero) is 1. The summed E-state index contributed by atoms with van der Waals surface area (Å²) < 4.78 is 17.3. The van der Waals surface area contributed by atoms with E-state index in [1.807, 2.05) is 30.3 Å². The van der Waals surface area contributed by atoms with Crippen molar-refractivity contribution in [3.63, 3.8) is 0 Å². The smallest absolute Gasteiger partial charge is 0.408 e. The summed E-state index contributed by atoms with van der Waals surface area (Å²) in [6.45, 7) is 5.07. The number of aromatic nitrogens is 1. The van der Waals surface area contributed by atoms with Crippen LogP contribution in [0.2, 0.25) is 0 Å². The number of carbonyl (C=O) groups excluding carboxylic acids is 4. The van der Waals surface area contributed by atoms with Crippen molar-refractivity contribution in [1.82, 2.24) is 9.88 Å². The van der Waals surface area contributed by atoms with Crippen molar-refractivity contribution in [3.05, 3.63) is 70.2 Å². The van der Waals surface area contributed by atoms with E-state index in [4.69, 9.17) is 14.2 Å². The molecule has 0 aliphatic heterocycles. The number of fused-ring (bicyclic) bond motifs is 1. The van der Waals surface area contributed by atoms with Crippen molar-refractivity contribution in [2.24, 2.45) is 13.0 Å². The number of allylic oxidation sites excluding steroid dienone is 2. The maximum absolute atomic E-state index is 12.8. The van der Waals surface area contributed by atoms with Gasteiger partial charge >= 0.3 is 12.1 Å². The molecule has 1 amide bonds. The maximum Gasteiger partial charge on any atom is 0.408 e. The van der Waals surface area contributed by atoms with Gasteiger partial charge in [0.15, 0.2) is 5.76 Å². The van der Waals surface area contributed by atoms with Crippen LogP contribution in [0.5, 0.6) is 0 Å². The first kappa shape index (κ1) is 24.8. The van der Waals surface area contributed by atoms with Crippen molar-refractivity contribution < 1.29 is 33.4 Å². The topological polar surface area (TPSA) is 113 Å². The van der Waals surface area contributed by atoms with Gasteiger partial charge in [0.05, 0.1) is 12.7 Å². The molecule has 180 valence electrons. The molecule has 9 nitrogen and oxygen atoms in total. The lowest BCUT2D eigenvalue weighted by atomic mass is 9.96. The first-order valence-electron chi connectivity index (χ1n) is 10.8. The van der Waals surface area contributed by atoms with Crippen LogP contribution in [0.1, 0.15) is 51.5 Å². The highest BCUT2D eigenvalue weighted by atomic mass is 16.6. The van der Waals surface area contributed by atoms with E-state index in [0.29, 0.717) is 11.3 Å². The molecule has 1 aliphatic carbocycles. The van der Waals surface area contributed by atoms with Crippen LogP contribution >= 0.6 is 0 Å². The number of amides is 1. The van der Waals surface area contributed by atoms with Crippen LogP contribution in [0.3, 0.4) is 0 Å². The van der Waals surface area contributed by atoms with Gasteiger partial charge in [0.2, 0.25) is 11.6 Å². The Hall–Kier alpha value is -3.88. The molecule has 0 fully saturated rings. The maximum atomic E-state index is 12.8. The fourth-order valence-electron chi connectivity index (χ4n) is 3.72. The summed E-state index contributed by atoms with van der Waals surface area (Å²) in [5.74, 6) is -1.85. The number of hydrogen-bond acceptors (Lipinski definition) is 7. The molecule has 34 heavy (non-hydrogen) atoms. The molecule has 0 saturated carbocycles. The van der Waals surface area contributed by atoms with Crippen LogP contribution in [-0.2, 0) is 39.3 Å². The summed E-state index contributed by atoms with van der Waals surface area (Å²) in [5, 5.41) is 2.55. The molecule has 1 aromatic carbocycles. The molecule has 1 N–H and O–H groups in total. The van der Waals surface area contributed by atoms with Gasteiger partial charge in [-0.25, -0.2) is 9.59 Å². The highest BCUT2D eigenvalue weighted by Crippen LogP contribution is 2.30. The van der Waals surface area contributed by atoms with Gasteiger partial charge in [-0.2, -0.15) is 0 Å². The third-order valence-corrected chi connectivity index (χ3v) is 5.75. The Kier molecular flexibility index (Phi) is 7.55. The Morgan fingerprint density at radius 3 is 2.35 bits per heavy atom. The minimum absolute atomic E-state index is 0.0629. The fourth-order valence-corrected chi connectivity index (χ4v) is 3.72. The molecule has 1 atom stereocenters. The number of benzene rings is 1. The first-order valence-corrected chi connectivity index (χ1v) is 10.8. The fraction of sp³-hybridized carbons (Fsp3) is 0.360. The second-order valence-corrected chi connectivity index (χ2v) is 8.29. The number of nitrogens with zero attached hydrogens (tertiary/aromatic N) is 1. The standard InChI is InChI=1S/C25H28N2O7/c1-14(2)21(26-25(31)34-12-16-9-7-6-8-10-16)24(30)33-13-17-15(3)27(4)22-18(28)11-19(32-5)23(29)20(17)22/h6-11,14,21H,12-13H2,1-5H3,(H,26,31)/t21-/m0/s1. The van der Waals surface area contributed by atoms with Crippen LogP contribution in [0.25, 0.3) is 0 Å². The van der Waals surface area contributed by atoms with E-state index < -0.39 is 23.9 Å². The summed E-state index contributed by atoms with van der Waals surface area (Å²) in [7, 11) is 2.98. The predicted molar refractivity (Wildman–Crippen MR) is 122 cm³/mol. The molecular weight excluding hydrogens is 440 g/mol. The molecule has 9 heteroatoms. The Morgan fingerprint density at radius 1 is 1.06 bits per heavy atom. The molecule has 0 bridgehead atoms. The van der Waals surface area contributed by atoms with Crippen LogP contribution in [0, 0.1) is 12.8 Å². The molecular formula is C25H28N2O7. The molecule has 1 aliphatic rings. The summed E-state index contributed by atoms with van der Waals surface area (Å²) in [6.07, 6.45) is 0.406. The van der Waals surface area contributed by atoms with Crippen LogP contribution in [-0.4, -0.2) is 41.3 Å². The molecule has 0 spiro atoms. The van der Waals surface area contributed by atoms with E-state index in [1.54, 1.807) is 32.4 Å². The SMILES string of the molecule is COC1=CC(=O)c2c(c(COC(=O)[C@@H](NC(=O)OCc3ccccc3)C(C)C)c(C)n2C)C1=O. The highest BCUT2D eigenvalue weighted by molar-refractivity contribution is 6.24. The Labute approximate surface area is 197 Å². The van der Waals surface area contributed by atoms with Crippen molar-refractivity contribution in [1.29, 1.82) is 0 Å². The van der Waals surface area contributed by atoms with Crippen molar-refractivity contribution >= 4 is 23.6 Å². The Balaban J connectivity index is 1.70. The summed E-state index contributed by atoms with van der Waals surface area (Å²) in [6, 6.07) is 8.20. The van der Waals surface area contributed by atoms with E-state index >= 15 is 0 Å². The lowest BCUT2D eigenvalue weighted by molar-refractivity contribution is -0.148. The summed E-state index contributed by atoms with van der Waals surface area (Å²) in [4.78, 5) is 50.4. The second-order valence-electron chi connectivity index (χ2n) is 8.29. The second kappa shape index (κ2) is 10.4. The first-order chi connectivity index (χ1) is 16.1. The third kappa shape index (κ3) is 5.03. The zero-order chi connectivity index (χ0) is 25.0. The average molecular weight is 469 g/mol. The number of carbonyl (C=O) groups is 4. The zero-order valence-electron chi connectivity index (χ0n) is 19.8. The molecule has 0 unspecified atom stereocenters. The largest absolute Gasteiger partial charge is 0.492 e. The number of nitrogens with one attached hydrogen (secondary N) is 1. The van der Waals surface area contributed by atoms with Gasteiger partial charge in [-0.3, -0.25) is 9.59 Å². The number of rotatable bonds is 8. The quantitative estimate of drug-likeness (QED) is 0.592. The molecule has 1 heterocycles. The lowest BCUT2D eigenvalue weighted by Crippen LogP contribution is -2.45. The third-order valence-electron chi connectivity index (χ3n) is 5.75. The highest BCUT2D eigenvalue weighted by Gasteiger charge is 2.35. The number of esters is 1. The number of ether oxygens (including phenoxy) is 3.